The number of hydrogen-bond donors (Lipinski definition) is 2. The minimum absolute atomic E-state index is 0.0407. The third-order valence-corrected chi connectivity index (χ3v) is 6.28. The molecule has 1 amide bonds. The predicted octanol–water partition coefficient (Wildman–Crippen LogP) is 3.74. The Morgan fingerprint density at radius 2 is 1.89 bits per heavy atom. The van der Waals surface area contributed by atoms with E-state index in [0.717, 1.165) is 39.2 Å². The summed E-state index contributed by atoms with van der Waals surface area (Å²) >= 11 is 0. The van der Waals surface area contributed by atoms with Crippen LogP contribution in [-0.4, -0.2) is 71.9 Å². The molecule has 0 aliphatic heterocycles. The van der Waals surface area contributed by atoms with Gasteiger partial charge in [-0.1, -0.05) is 6.07 Å². The van der Waals surface area contributed by atoms with E-state index in [1.165, 1.54) is 0 Å². The molecule has 0 unspecified atom stereocenters. The number of rotatable bonds is 9. The predicted molar refractivity (Wildman–Crippen MR) is 144 cm³/mol. The van der Waals surface area contributed by atoms with E-state index >= 15 is 0 Å². The number of carbonyl (C=O) groups is 1. The van der Waals surface area contributed by atoms with Crippen molar-refractivity contribution in [3.8, 4) is 17.0 Å². The molecule has 0 aliphatic rings. The zero-order chi connectivity index (χ0) is 25.8. The number of fused-ring (bicyclic) bond motifs is 1. The molecule has 10 heteroatoms. The van der Waals surface area contributed by atoms with E-state index < -0.39 is 0 Å². The first-order valence-electron chi connectivity index (χ1n) is 11.6. The maximum Gasteiger partial charge on any atom is 0.219 e. The van der Waals surface area contributed by atoms with Crippen molar-refractivity contribution in [3.63, 3.8) is 0 Å². The van der Waals surface area contributed by atoms with Gasteiger partial charge in [-0.05, 0) is 18.2 Å². The number of nitrogens with one attached hydrogen (secondary N) is 2. The summed E-state index contributed by atoms with van der Waals surface area (Å²) < 4.78 is 7.55. The van der Waals surface area contributed by atoms with Crippen molar-refractivity contribution in [1.29, 1.82) is 0 Å². The van der Waals surface area contributed by atoms with Crippen molar-refractivity contribution in [2.45, 2.75) is 6.92 Å². The van der Waals surface area contributed by atoms with Crippen molar-refractivity contribution in [3.05, 3.63) is 48.9 Å². The molecule has 0 bridgehead atoms. The standard InChI is InChI=1S/C26H32N8O2/c1-17(35)32(3)9-10-33(4)24-14-25(36-6)22(12-21(24)27-2)31-26-13-20(28-16-29-26)18-7-8-23-19(11-18)15-30-34(23)5/h7-8,11-16,27H,9-10H2,1-6H3,(H,28,29,31). The molecule has 2 aromatic carbocycles. The van der Waals surface area contributed by atoms with Gasteiger partial charge in [-0.2, -0.15) is 5.10 Å². The minimum atomic E-state index is 0.0407. The first-order valence-corrected chi connectivity index (χ1v) is 11.6. The van der Waals surface area contributed by atoms with Gasteiger partial charge in [-0.25, -0.2) is 9.97 Å². The second kappa shape index (κ2) is 10.5. The lowest BCUT2D eigenvalue weighted by Crippen LogP contribution is -2.33. The Balaban J connectivity index is 1.59. The van der Waals surface area contributed by atoms with Gasteiger partial charge in [0.05, 0.1) is 41.6 Å². The van der Waals surface area contributed by atoms with Crippen molar-refractivity contribution in [2.75, 3.05) is 56.9 Å². The Kier molecular flexibility index (Phi) is 7.23. The van der Waals surface area contributed by atoms with E-state index in [1.54, 1.807) is 32.3 Å². The summed E-state index contributed by atoms with van der Waals surface area (Å²) in [5, 5.41) is 12.0. The van der Waals surface area contributed by atoms with E-state index in [0.29, 0.717) is 24.7 Å². The Hall–Kier alpha value is -4.34. The smallest absolute Gasteiger partial charge is 0.219 e. The summed E-state index contributed by atoms with van der Waals surface area (Å²) in [5.41, 5.74) is 5.50. The van der Waals surface area contributed by atoms with Crippen LogP contribution in [0.1, 0.15) is 6.92 Å². The monoisotopic (exact) mass is 488 g/mol. The fourth-order valence-corrected chi connectivity index (χ4v) is 3.97. The van der Waals surface area contributed by atoms with Crippen LogP contribution in [0.2, 0.25) is 0 Å². The second-order valence-corrected chi connectivity index (χ2v) is 8.64. The number of aryl methyl sites for hydroxylation is 1. The second-order valence-electron chi connectivity index (χ2n) is 8.64. The van der Waals surface area contributed by atoms with Gasteiger partial charge in [0.15, 0.2) is 0 Å². The van der Waals surface area contributed by atoms with Gasteiger partial charge in [-0.3, -0.25) is 9.48 Å². The van der Waals surface area contributed by atoms with Crippen LogP contribution in [0.15, 0.2) is 48.9 Å². The van der Waals surface area contributed by atoms with Crippen molar-refractivity contribution in [2.24, 2.45) is 7.05 Å². The number of methoxy groups -OCH3 is 1. The van der Waals surface area contributed by atoms with E-state index in [-0.39, 0.29) is 5.91 Å². The van der Waals surface area contributed by atoms with Gasteiger partial charge in [-0.15, -0.1) is 0 Å². The molecular weight excluding hydrogens is 456 g/mol. The number of anilines is 4. The molecule has 0 saturated heterocycles. The summed E-state index contributed by atoms with van der Waals surface area (Å²) in [6, 6.07) is 12.0. The average molecular weight is 489 g/mol. The summed E-state index contributed by atoms with van der Waals surface area (Å²) in [7, 11) is 9.23. The summed E-state index contributed by atoms with van der Waals surface area (Å²) in [4.78, 5) is 24.2. The Morgan fingerprint density at radius 1 is 1.08 bits per heavy atom. The SMILES string of the molecule is CNc1cc(Nc2cc(-c3ccc4c(cnn4C)c3)ncn2)c(OC)cc1N(C)CCN(C)C(C)=O. The quantitative estimate of drug-likeness (QED) is 0.368. The molecule has 0 fully saturated rings. The van der Waals surface area contributed by atoms with E-state index in [4.69, 9.17) is 4.74 Å². The van der Waals surface area contributed by atoms with Crippen LogP contribution >= 0.6 is 0 Å². The lowest BCUT2D eigenvalue weighted by Gasteiger charge is -2.26. The Bertz CT molecular complexity index is 1380. The van der Waals surface area contributed by atoms with Crippen LogP contribution < -0.4 is 20.3 Å². The molecule has 4 rings (SSSR count). The molecule has 2 N–H and O–H groups in total. The molecule has 0 spiro atoms. The summed E-state index contributed by atoms with van der Waals surface area (Å²) in [5.74, 6) is 1.36. The van der Waals surface area contributed by atoms with Crippen LogP contribution in [0.3, 0.4) is 0 Å². The zero-order valence-corrected chi connectivity index (χ0v) is 21.5. The molecule has 10 nitrogen and oxygen atoms in total. The lowest BCUT2D eigenvalue weighted by molar-refractivity contribution is -0.127. The number of carbonyl (C=O) groups excluding carboxylic acids is 1. The van der Waals surface area contributed by atoms with Crippen LogP contribution in [0.5, 0.6) is 5.75 Å². The number of likely N-dealkylation sites (N-methyl/N-ethyl adjacent to an activating group) is 2. The number of hydrogen-bond acceptors (Lipinski definition) is 8. The van der Waals surface area contributed by atoms with Gasteiger partial charge in [0.25, 0.3) is 0 Å². The highest BCUT2D eigenvalue weighted by Crippen LogP contribution is 2.38. The van der Waals surface area contributed by atoms with Gasteiger partial charge in [0, 0.05) is 71.3 Å². The van der Waals surface area contributed by atoms with Gasteiger partial charge in [0.2, 0.25) is 5.91 Å². The molecule has 0 saturated carbocycles. The van der Waals surface area contributed by atoms with E-state index in [2.05, 4.69) is 36.7 Å². The molecule has 2 aromatic heterocycles. The number of amides is 1. The minimum Gasteiger partial charge on any atom is -0.494 e. The van der Waals surface area contributed by atoms with Crippen molar-refractivity contribution >= 4 is 39.7 Å². The molecular formula is C26H32N8O2. The zero-order valence-electron chi connectivity index (χ0n) is 21.5. The number of benzene rings is 2. The average Bonchev–Trinajstić information content (AvgIpc) is 3.26. The first kappa shape index (κ1) is 24.8. The number of ether oxygens (including phenoxy) is 1. The maximum atomic E-state index is 11.6. The van der Waals surface area contributed by atoms with Gasteiger partial charge < -0.3 is 25.2 Å². The Labute approximate surface area is 210 Å². The highest BCUT2D eigenvalue weighted by atomic mass is 16.5. The lowest BCUT2D eigenvalue weighted by atomic mass is 10.1. The molecule has 0 aliphatic carbocycles. The molecule has 36 heavy (non-hydrogen) atoms. The molecule has 2 heterocycles. The topological polar surface area (TPSA) is 100 Å². The summed E-state index contributed by atoms with van der Waals surface area (Å²) in [6.45, 7) is 2.86. The Morgan fingerprint density at radius 3 is 2.61 bits per heavy atom. The van der Waals surface area contributed by atoms with Gasteiger partial charge in [0.1, 0.15) is 17.9 Å². The third kappa shape index (κ3) is 5.17. The molecule has 0 atom stereocenters. The largest absolute Gasteiger partial charge is 0.494 e. The highest BCUT2D eigenvalue weighted by Gasteiger charge is 2.15. The van der Waals surface area contributed by atoms with Crippen LogP contribution in [0.4, 0.5) is 22.9 Å². The molecule has 0 radical (unpaired) electrons. The number of nitrogens with zero attached hydrogens (tertiary/aromatic N) is 6. The van der Waals surface area contributed by atoms with E-state index in [9.17, 15) is 4.79 Å². The van der Waals surface area contributed by atoms with E-state index in [1.807, 2.05) is 62.4 Å². The van der Waals surface area contributed by atoms with Crippen molar-refractivity contribution < 1.29 is 9.53 Å². The van der Waals surface area contributed by atoms with Crippen LogP contribution in [0, 0.1) is 0 Å². The normalized spacial score (nSPS) is 10.8. The summed E-state index contributed by atoms with van der Waals surface area (Å²) in [6.07, 6.45) is 3.39. The number of aromatic nitrogens is 4. The van der Waals surface area contributed by atoms with Gasteiger partial charge >= 0.3 is 0 Å². The fourth-order valence-electron chi connectivity index (χ4n) is 3.97. The van der Waals surface area contributed by atoms with Crippen LogP contribution in [0.25, 0.3) is 22.2 Å². The van der Waals surface area contributed by atoms with Crippen LogP contribution in [-0.2, 0) is 11.8 Å². The fraction of sp³-hybridized carbons (Fsp3) is 0.308. The molecule has 188 valence electrons. The highest BCUT2D eigenvalue weighted by molar-refractivity contribution is 5.85. The third-order valence-electron chi connectivity index (χ3n) is 6.28. The molecule has 4 aromatic rings. The first-order chi connectivity index (χ1) is 17.3. The van der Waals surface area contributed by atoms with Crippen molar-refractivity contribution in [1.82, 2.24) is 24.6 Å². The maximum absolute atomic E-state index is 11.6.